The summed E-state index contributed by atoms with van der Waals surface area (Å²) < 4.78 is 40.3. The molecule has 13 heteroatoms. The highest BCUT2D eigenvalue weighted by Gasteiger charge is 2.30. The van der Waals surface area contributed by atoms with Gasteiger partial charge in [-0.05, 0) is 63.9 Å². The molecule has 0 aliphatic carbocycles. The Bertz CT molecular complexity index is 1550. The Hall–Kier alpha value is -3.61. The molecule has 1 amide bonds. The zero-order valence-electron chi connectivity index (χ0n) is 21.6. The number of hydrogen-bond donors (Lipinski definition) is 0. The molecule has 0 atom stereocenters. The number of rotatable bonds is 5. The van der Waals surface area contributed by atoms with E-state index in [1.54, 1.807) is 26.2 Å². The van der Waals surface area contributed by atoms with Crippen LogP contribution in [-0.2, 0) is 11.3 Å². The zero-order chi connectivity index (χ0) is 27.9. The van der Waals surface area contributed by atoms with E-state index in [0.717, 1.165) is 15.5 Å². The van der Waals surface area contributed by atoms with Crippen LogP contribution in [-0.4, -0.2) is 54.0 Å². The van der Waals surface area contributed by atoms with Crippen LogP contribution in [0.15, 0.2) is 50.2 Å². The van der Waals surface area contributed by atoms with Crippen LogP contribution >= 0.6 is 15.9 Å². The minimum Gasteiger partial charge on any atom is -0.444 e. The van der Waals surface area contributed by atoms with Gasteiger partial charge in [-0.3, -0.25) is 14.1 Å². The van der Waals surface area contributed by atoms with Crippen molar-refractivity contribution in [3.05, 3.63) is 63.1 Å². The summed E-state index contributed by atoms with van der Waals surface area (Å²) in [5.74, 6) is -0.810. The Morgan fingerprint density at radius 1 is 1.15 bits per heavy atom. The van der Waals surface area contributed by atoms with Gasteiger partial charge in [0.2, 0.25) is 5.89 Å². The molecule has 0 radical (unpaired) electrons. The Morgan fingerprint density at radius 2 is 1.90 bits per heavy atom. The molecule has 0 N–H and O–H groups in total. The molecular formula is C26H27BrF2N6O4. The molecule has 0 unspecified atom stereocenters. The Morgan fingerprint density at radius 3 is 2.51 bits per heavy atom. The maximum atomic E-state index is 13.7. The third-order valence-electron chi connectivity index (χ3n) is 6.43. The van der Waals surface area contributed by atoms with Crippen molar-refractivity contribution in [3.63, 3.8) is 0 Å². The fraction of sp³-hybridized carbons (Fsp3) is 0.423. The Labute approximate surface area is 230 Å². The van der Waals surface area contributed by atoms with E-state index in [9.17, 15) is 18.4 Å². The number of imidazole rings is 1. The van der Waals surface area contributed by atoms with Gasteiger partial charge in [0.1, 0.15) is 5.60 Å². The van der Waals surface area contributed by atoms with Crippen LogP contribution in [0.25, 0.3) is 22.5 Å². The maximum Gasteiger partial charge on any atom is 0.410 e. The normalized spacial score (nSPS) is 14.9. The summed E-state index contributed by atoms with van der Waals surface area (Å²) in [6.07, 6.45) is -0.519. The summed E-state index contributed by atoms with van der Waals surface area (Å²) in [4.78, 5) is 32.3. The van der Waals surface area contributed by atoms with Crippen molar-refractivity contribution in [2.45, 2.75) is 58.2 Å². The number of halogens is 3. The molecule has 0 bridgehead atoms. The maximum absolute atomic E-state index is 13.7. The van der Waals surface area contributed by atoms with E-state index in [1.807, 2.05) is 39.0 Å². The van der Waals surface area contributed by atoms with Crippen LogP contribution in [0.4, 0.5) is 13.6 Å². The topological polar surface area (TPSA) is 108 Å². The first-order chi connectivity index (χ1) is 18.5. The molecule has 3 aromatic heterocycles. The number of aromatic nitrogens is 5. The number of likely N-dealkylation sites (tertiary alicyclic amines) is 1. The summed E-state index contributed by atoms with van der Waals surface area (Å²) in [6, 6.07) is 8.93. The summed E-state index contributed by atoms with van der Waals surface area (Å²) in [5, 5.41) is 6.98. The lowest BCUT2D eigenvalue weighted by Gasteiger charge is -2.33. The third kappa shape index (κ3) is 5.72. The monoisotopic (exact) mass is 604 g/mol. The summed E-state index contributed by atoms with van der Waals surface area (Å²) in [5.41, 5.74) is 1.77. The second-order valence-electron chi connectivity index (χ2n) is 10.4. The number of alkyl halides is 2. The highest BCUT2D eigenvalue weighted by atomic mass is 79.9. The van der Waals surface area contributed by atoms with Crippen LogP contribution in [0.3, 0.4) is 0 Å². The van der Waals surface area contributed by atoms with Gasteiger partial charge in [-0.25, -0.2) is 9.59 Å². The lowest BCUT2D eigenvalue weighted by atomic mass is 10.0. The highest BCUT2D eigenvalue weighted by molar-refractivity contribution is 9.10. The minimum atomic E-state index is -2.86. The number of fused-ring (bicyclic) bond motifs is 1. The van der Waals surface area contributed by atoms with E-state index in [-0.39, 0.29) is 30.3 Å². The molecule has 1 saturated heterocycles. The summed E-state index contributed by atoms with van der Waals surface area (Å²) in [6.45, 7) is 6.67. The Balaban J connectivity index is 1.39. The summed E-state index contributed by atoms with van der Waals surface area (Å²) >= 11 is 3.50. The fourth-order valence-corrected chi connectivity index (χ4v) is 4.99. The van der Waals surface area contributed by atoms with Crippen molar-refractivity contribution in [1.82, 2.24) is 29.2 Å². The number of nitrogens with zero attached hydrogens (tertiary/aromatic N) is 6. The van der Waals surface area contributed by atoms with Crippen LogP contribution in [0, 0.1) is 0 Å². The molecule has 5 rings (SSSR count). The van der Waals surface area contributed by atoms with Crippen LogP contribution in [0.5, 0.6) is 0 Å². The number of pyridine rings is 1. The molecule has 1 aliphatic rings. The molecule has 1 aromatic carbocycles. The van der Waals surface area contributed by atoms with Crippen molar-refractivity contribution in [2.24, 2.45) is 0 Å². The zero-order valence-corrected chi connectivity index (χ0v) is 23.2. The first kappa shape index (κ1) is 27.0. The highest BCUT2D eigenvalue weighted by Crippen LogP contribution is 2.29. The third-order valence-corrected chi connectivity index (χ3v) is 6.92. The number of amides is 1. The van der Waals surface area contributed by atoms with E-state index < -0.39 is 17.9 Å². The molecule has 0 saturated carbocycles. The predicted octanol–water partition coefficient (Wildman–Crippen LogP) is 5.57. The number of hydrogen-bond acceptors (Lipinski definition) is 7. The lowest BCUT2D eigenvalue weighted by Crippen LogP contribution is -2.43. The van der Waals surface area contributed by atoms with Gasteiger partial charge in [-0.2, -0.15) is 8.78 Å². The van der Waals surface area contributed by atoms with Gasteiger partial charge < -0.3 is 14.1 Å². The van der Waals surface area contributed by atoms with Gasteiger partial charge in [-0.1, -0.05) is 15.9 Å². The number of carbonyl (C=O) groups excluding carboxylic acids is 1. The van der Waals surface area contributed by atoms with E-state index in [1.165, 1.54) is 6.20 Å². The van der Waals surface area contributed by atoms with Crippen molar-refractivity contribution in [3.8, 4) is 11.5 Å². The van der Waals surface area contributed by atoms with Gasteiger partial charge in [0.25, 0.3) is 5.89 Å². The van der Waals surface area contributed by atoms with E-state index in [2.05, 4.69) is 31.1 Å². The SMILES string of the molecule is CC(C)(C)OC(=O)N1CCC(n2c(=O)n(Cc3ccc(-c4nnc(C(F)F)o4)cn3)c3cc(Br)ccc32)CC1. The molecule has 4 heterocycles. The van der Waals surface area contributed by atoms with Crippen molar-refractivity contribution >= 4 is 33.1 Å². The first-order valence-electron chi connectivity index (χ1n) is 12.5. The van der Waals surface area contributed by atoms with Gasteiger partial charge >= 0.3 is 18.2 Å². The van der Waals surface area contributed by atoms with Crippen LogP contribution < -0.4 is 5.69 Å². The first-order valence-corrected chi connectivity index (χ1v) is 13.2. The molecular weight excluding hydrogens is 578 g/mol. The molecule has 206 valence electrons. The standard InChI is InChI=1S/C26H27BrF2N6O4/c1-26(2,3)39-25(37)33-10-8-18(9-11-33)35-19-7-5-16(27)12-20(19)34(24(35)36)14-17-6-4-15(13-30-17)22-31-32-23(38-22)21(28)29/h4-7,12-13,18,21H,8-11,14H2,1-3H3. The average molecular weight is 605 g/mol. The van der Waals surface area contributed by atoms with Crippen LogP contribution in [0.2, 0.25) is 0 Å². The van der Waals surface area contributed by atoms with E-state index in [4.69, 9.17) is 9.15 Å². The number of ether oxygens (including phenoxy) is 1. The molecule has 1 aliphatic heterocycles. The molecule has 1 fully saturated rings. The van der Waals surface area contributed by atoms with Crippen molar-refractivity contribution in [2.75, 3.05) is 13.1 Å². The van der Waals surface area contributed by atoms with E-state index in [0.29, 0.717) is 37.2 Å². The van der Waals surface area contributed by atoms with Gasteiger partial charge in [0.05, 0.1) is 28.8 Å². The number of carbonyl (C=O) groups is 1. The Kier molecular flexibility index (Phi) is 7.27. The second kappa shape index (κ2) is 10.5. The average Bonchev–Trinajstić information content (AvgIpc) is 3.48. The molecule has 39 heavy (non-hydrogen) atoms. The largest absolute Gasteiger partial charge is 0.444 e. The second-order valence-corrected chi connectivity index (χ2v) is 11.3. The number of benzene rings is 1. The smallest absolute Gasteiger partial charge is 0.410 e. The quantitative estimate of drug-likeness (QED) is 0.293. The van der Waals surface area contributed by atoms with Crippen LogP contribution in [0.1, 0.15) is 57.7 Å². The van der Waals surface area contributed by atoms with E-state index >= 15 is 0 Å². The number of piperidine rings is 1. The van der Waals surface area contributed by atoms with Gasteiger partial charge in [0, 0.05) is 29.8 Å². The predicted molar refractivity (Wildman–Crippen MR) is 142 cm³/mol. The molecule has 0 spiro atoms. The fourth-order valence-electron chi connectivity index (χ4n) is 4.64. The molecule has 4 aromatic rings. The van der Waals surface area contributed by atoms with Crippen molar-refractivity contribution in [1.29, 1.82) is 0 Å². The van der Waals surface area contributed by atoms with Crippen molar-refractivity contribution < 1.29 is 22.7 Å². The lowest BCUT2D eigenvalue weighted by molar-refractivity contribution is 0.0188. The minimum absolute atomic E-state index is 0.0558. The van der Waals surface area contributed by atoms with Gasteiger partial charge in [0.15, 0.2) is 0 Å². The summed E-state index contributed by atoms with van der Waals surface area (Å²) in [7, 11) is 0. The molecule has 10 nitrogen and oxygen atoms in total. The van der Waals surface area contributed by atoms with Gasteiger partial charge in [-0.15, -0.1) is 10.2 Å².